The van der Waals surface area contributed by atoms with E-state index in [1.807, 2.05) is 25.0 Å². The summed E-state index contributed by atoms with van der Waals surface area (Å²) in [5.74, 6) is 0. The molecule has 15 heavy (non-hydrogen) atoms. The smallest absolute Gasteiger partial charge is 0.0635 e. The van der Waals surface area contributed by atoms with Crippen molar-refractivity contribution in [2.24, 2.45) is 7.05 Å². The van der Waals surface area contributed by atoms with Crippen LogP contribution in [0.1, 0.15) is 32.9 Å². The fourth-order valence-electron chi connectivity index (χ4n) is 2.14. The van der Waals surface area contributed by atoms with Gasteiger partial charge in [-0.05, 0) is 36.3 Å². The third-order valence-electron chi connectivity index (χ3n) is 2.84. The van der Waals surface area contributed by atoms with Crippen LogP contribution in [0.3, 0.4) is 0 Å². The normalized spacial score (nSPS) is 14.3. The van der Waals surface area contributed by atoms with Gasteiger partial charge in [0, 0.05) is 18.5 Å². The van der Waals surface area contributed by atoms with E-state index in [0.29, 0.717) is 6.04 Å². The average Bonchev–Trinajstić information content (AvgIpc) is 2.45. The summed E-state index contributed by atoms with van der Waals surface area (Å²) < 4.78 is 3.05. The highest BCUT2D eigenvalue weighted by molar-refractivity contribution is 9.10. The molecular weight excluding hydrogens is 254 g/mol. The molecule has 1 atom stereocenters. The molecule has 1 rings (SSSR count). The molecule has 0 amide bonds. The van der Waals surface area contributed by atoms with Crippen LogP contribution >= 0.6 is 15.9 Å². The molecule has 1 N–H and O–H groups in total. The monoisotopic (exact) mass is 273 g/mol. The first-order valence-electron chi connectivity index (χ1n) is 5.23. The molecule has 0 aliphatic carbocycles. The molecule has 0 aliphatic heterocycles. The van der Waals surface area contributed by atoms with E-state index in [2.05, 4.69) is 47.1 Å². The quantitative estimate of drug-likeness (QED) is 0.914. The maximum atomic E-state index is 4.26. The van der Waals surface area contributed by atoms with E-state index < -0.39 is 0 Å². The van der Waals surface area contributed by atoms with E-state index in [1.165, 1.54) is 5.69 Å². The number of hydrogen-bond donors (Lipinski definition) is 1. The molecule has 1 heterocycles. The van der Waals surface area contributed by atoms with Gasteiger partial charge in [0.05, 0.1) is 16.4 Å². The summed E-state index contributed by atoms with van der Waals surface area (Å²) in [5.41, 5.74) is 1.37. The Morgan fingerprint density at radius 2 is 2.20 bits per heavy atom. The molecule has 0 aromatic carbocycles. The molecule has 0 bridgehead atoms. The maximum absolute atomic E-state index is 4.26. The maximum Gasteiger partial charge on any atom is 0.0635 e. The molecule has 1 unspecified atom stereocenters. The molecule has 1 aromatic rings. The lowest BCUT2D eigenvalue weighted by Crippen LogP contribution is -2.32. The molecule has 0 spiro atoms. The second-order valence-electron chi connectivity index (χ2n) is 4.74. The topological polar surface area (TPSA) is 29.9 Å². The molecule has 86 valence electrons. The molecule has 0 radical (unpaired) electrons. The fraction of sp³-hybridized carbons (Fsp3) is 0.727. The molecular formula is C11H20BrN3. The van der Waals surface area contributed by atoms with Gasteiger partial charge in [0.15, 0.2) is 0 Å². The number of rotatable bonds is 4. The summed E-state index contributed by atoms with van der Waals surface area (Å²) >= 11 is 3.56. The number of aryl methyl sites for hydroxylation is 1. The lowest BCUT2D eigenvalue weighted by atomic mass is 9.83. The first-order chi connectivity index (χ1) is 6.88. The largest absolute Gasteiger partial charge is 0.317 e. The summed E-state index contributed by atoms with van der Waals surface area (Å²) in [5, 5.41) is 7.54. The molecule has 4 heteroatoms. The highest BCUT2D eigenvalue weighted by Crippen LogP contribution is 2.33. The minimum absolute atomic E-state index is 0.118. The average molecular weight is 274 g/mol. The Balaban J connectivity index is 2.95. The second-order valence-corrected chi connectivity index (χ2v) is 5.60. The second kappa shape index (κ2) is 4.66. The SMILES string of the molecule is CNC(C)CC(C)(C)c1c(Br)cnn1C. The van der Waals surface area contributed by atoms with Gasteiger partial charge < -0.3 is 5.32 Å². The molecule has 0 saturated heterocycles. The Bertz CT molecular complexity index is 311. The summed E-state index contributed by atoms with van der Waals surface area (Å²) in [6.45, 7) is 6.71. The van der Waals surface area contributed by atoms with Gasteiger partial charge in [-0.2, -0.15) is 5.10 Å². The summed E-state index contributed by atoms with van der Waals surface area (Å²) in [7, 11) is 3.99. The standard InChI is InChI=1S/C11H20BrN3/c1-8(13-4)6-11(2,3)10-9(12)7-14-15(10)5/h7-8,13H,6H2,1-5H3. The van der Waals surface area contributed by atoms with E-state index in [1.54, 1.807) is 0 Å². The summed E-state index contributed by atoms with van der Waals surface area (Å²) in [6.07, 6.45) is 2.95. The summed E-state index contributed by atoms with van der Waals surface area (Å²) in [4.78, 5) is 0. The van der Waals surface area contributed by atoms with Crippen molar-refractivity contribution in [1.29, 1.82) is 0 Å². The molecule has 0 fully saturated rings. The van der Waals surface area contributed by atoms with Crippen LogP contribution in [0.5, 0.6) is 0 Å². The van der Waals surface area contributed by atoms with E-state index in [9.17, 15) is 0 Å². The van der Waals surface area contributed by atoms with Crippen LogP contribution in [0.15, 0.2) is 10.7 Å². The zero-order valence-electron chi connectivity index (χ0n) is 10.1. The van der Waals surface area contributed by atoms with Crippen molar-refractivity contribution in [1.82, 2.24) is 15.1 Å². The van der Waals surface area contributed by atoms with Gasteiger partial charge in [-0.15, -0.1) is 0 Å². The van der Waals surface area contributed by atoms with Crippen molar-refractivity contribution in [2.45, 2.75) is 38.6 Å². The first kappa shape index (κ1) is 12.7. The first-order valence-corrected chi connectivity index (χ1v) is 6.03. The summed E-state index contributed by atoms with van der Waals surface area (Å²) in [6, 6.07) is 0.502. The molecule has 3 nitrogen and oxygen atoms in total. The Morgan fingerprint density at radius 3 is 2.60 bits per heavy atom. The van der Waals surface area contributed by atoms with Crippen molar-refractivity contribution >= 4 is 15.9 Å². The van der Waals surface area contributed by atoms with Gasteiger partial charge in [-0.25, -0.2) is 0 Å². The fourth-order valence-corrected chi connectivity index (χ4v) is 3.02. The van der Waals surface area contributed by atoms with Gasteiger partial charge in [0.1, 0.15) is 0 Å². The third kappa shape index (κ3) is 2.82. The Hall–Kier alpha value is -0.350. The van der Waals surface area contributed by atoms with Crippen LogP contribution in [0.4, 0.5) is 0 Å². The Morgan fingerprint density at radius 1 is 1.60 bits per heavy atom. The van der Waals surface area contributed by atoms with Gasteiger partial charge in [-0.1, -0.05) is 13.8 Å². The molecule has 0 saturated carbocycles. The predicted molar refractivity (Wildman–Crippen MR) is 67.1 cm³/mol. The van der Waals surface area contributed by atoms with Crippen LogP contribution in [0, 0.1) is 0 Å². The van der Waals surface area contributed by atoms with Crippen LogP contribution < -0.4 is 5.32 Å². The van der Waals surface area contributed by atoms with Gasteiger partial charge in [0.2, 0.25) is 0 Å². The highest BCUT2D eigenvalue weighted by atomic mass is 79.9. The van der Waals surface area contributed by atoms with Crippen molar-refractivity contribution in [2.75, 3.05) is 7.05 Å². The third-order valence-corrected chi connectivity index (χ3v) is 3.42. The lowest BCUT2D eigenvalue weighted by Gasteiger charge is -2.28. The number of nitrogens with one attached hydrogen (secondary N) is 1. The zero-order valence-corrected chi connectivity index (χ0v) is 11.7. The minimum Gasteiger partial charge on any atom is -0.317 e. The van der Waals surface area contributed by atoms with E-state index in [0.717, 1.165) is 10.9 Å². The highest BCUT2D eigenvalue weighted by Gasteiger charge is 2.28. The zero-order chi connectivity index (χ0) is 11.6. The molecule has 0 aliphatic rings. The minimum atomic E-state index is 0.118. The van der Waals surface area contributed by atoms with Crippen molar-refractivity contribution in [3.63, 3.8) is 0 Å². The predicted octanol–water partition coefficient (Wildman–Crippen LogP) is 2.46. The van der Waals surface area contributed by atoms with Gasteiger partial charge in [-0.3, -0.25) is 4.68 Å². The number of nitrogens with zero attached hydrogens (tertiary/aromatic N) is 2. The number of halogens is 1. The van der Waals surface area contributed by atoms with Crippen LogP contribution in [0.25, 0.3) is 0 Å². The van der Waals surface area contributed by atoms with E-state index >= 15 is 0 Å². The Labute approximate surface area is 100 Å². The lowest BCUT2D eigenvalue weighted by molar-refractivity contribution is 0.381. The number of aromatic nitrogens is 2. The van der Waals surface area contributed by atoms with Crippen molar-refractivity contribution in [3.05, 3.63) is 16.4 Å². The van der Waals surface area contributed by atoms with Crippen LogP contribution in [-0.2, 0) is 12.5 Å². The molecule has 1 aromatic heterocycles. The van der Waals surface area contributed by atoms with Gasteiger partial charge in [0.25, 0.3) is 0 Å². The van der Waals surface area contributed by atoms with E-state index in [-0.39, 0.29) is 5.41 Å². The van der Waals surface area contributed by atoms with E-state index in [4.69, 9.17) is 0 Å². The van der Waals surface area contributed by atoms with Crippen molar-refractivity contribution in [3.8, 4) is 0 Å². The van der Waals surface area contributed by atoms with Gasteiger partial charge >= 0.3 is 0 Å². The number of hydrogen-bond acceptors (Lipinski definition) is 2. The van der Waals surface area contributed by atoms with Crippen molar-refractivity contribution < 1.29 is 0 Å². The van der Waals surface area contributed by atoms with Crippen LogP contribution in [0.2, 0.25) is 0 Å². The Kier molecular flexibility index (Phi) is 3.95. The van der Waals surface area contributed by atoms with Crippen LogP contribution in [-0.4, -0.2) is 22.9 Å².